The summed E-state index contributed by atoms with van der Waals surface area (Å²) in [6.07, 6.45) is 1.40. The first-order valence-corrected chi connectivity index (χ1v) is 6.88. The second-order valence-corrected chi connectivity index (χ2v) is 5.14. The molecule has 0 saturated carbocycles. The molecule has 1 heterocycles. The Morgan fingerprint density at radius 3 is 2.68 bits per heavy atom. The number of carbonyl (C=O) groups is 1. The molecule has 0 unspecified atom stereocenters. The van der Waals surface area contributed by atoms with Crippen LogP contribution in [-0.4, -0.2) is 11.7 Å². The number of benzene rings is 1. The Kier molecular flexibility index (Phi) is 4.65. The van der Waals surface area contributed by atoms with Gasteiger partial charge in [0.25, 0.3) is 5.03 Å². The fraction of sp³-hybridized carbons (Fsp3) is 0.0769. The van der Waals surface area contributed by atoms with E-state index in [1.54, 1.807) is 42.5 Å². The number of thioether (sulfide) groups is 1. The minimum atomic E-state index is -0.170. The Morgan fingerprint density at radius 2 is 2.00 bits per heavy atom. The maximum Gasteiger partial charge on any atom is 0.251 e. The number of nitrogens with one attached hydrogen (secondary N) is 1. The molecule has 0 spiro atoms. The van der Waals surface area contributed by atoms with Crippen molar-refractivity contribution in [2.45, 2.75) is 5.03 Å². The third-order valence-corrected chi connectivity index (χ3v) is 3.54. The number of hydrogen-bond acceptors (Lipinski definition) is 3. The first-order valence-electron chi connectivity index (χ1n) is 5.51. The second kappa shape index (κ2) is 6.45. The van der Waals surface area contributed by atoms with Crippen molar-refractivity contribution in [3.05, 3.63) is 58.9 Å². The van der Waals surface area contributed by atoms with Crippen LogP contribution in [0.25, 0.3) is 0 Å². The SMILES string of the molecule is O=C(CSc1cccc[n+]1[O-])Nc1ccc(Cl)cc1. The number of rotatable bonds is 4. The van der Waals surface area contributed by atoms with E-state index in [1.807, 2.05) is 0 Å². The number of hydrogen-bond donors (Lipinski definition) is 1. The third kappa shape index (κ3) is 4.15. The van der Waals surface area contributed by atoms with Gasteiger partial charge in [0.05, 0.1) is 5.75 Å². The molecule has 0 radical (unpaired) electrons. The second-order valence-electron chi connectivity index (χ2n) is 3.71. The van der Waals surface area contributed by atoms with Crippen LogP contribution in [0.3, 0.4) is 0 Å². The van der Waals surface area contributed by atoms with Crippen LogP contribution in [0.5, 0.6) is 0 Å². The minimum Gasteiger partial charge on any atom is -0.618 e. The van der Waals surface area contributed by atoms with Gasteiger partial charge in [-0.2, -0.15) is 4.73 Å². The molecule has 0 aliphatic carbocycles. The summed E-state index contributed by atoms with van der Waals surface area (Å²) in [6.45, 7) is 0. The van der Waals surface area contributed by atoms with Gasteiger partial charge in [0, 0.05) is 22.8 Å². The molecular weight excluding hydrogens is 284 g/mol. The van der Waals surface area contributed by atoms with Gasteiger partial charge in [0.15, 0.2) is 6.20 Å². The van der Waals surface area contributed by atoms with Crippen molar-refractivity contribution in [3.8, 4) is 0 Å². The Morgan fingerprint density at radius 1 is 1.26 bits per heavy atom. The Bertz CT molecular complexity index is 575. The van der Waals surface area contributed by atoms with Crippen LogP contribution in [0.1, 0.15) is 0 Å². The molecule has 2 rings (SSSR count). The zero-order chi connectivity index (χ0) is 13.7. The number of carbonyl (C=O) groups excluding carboxylic acids is 1. The summed E-state index contributed by atoms with van der Waals surface area (Å²) >= 11 is 6.94. The number of pyridine rings is 1. The van der Waals surface area contributed by atoms with E-state index < -0.39 is 0 Å². The predicted octanol–water partition coefficient (Wildman–Crippen LogP) is 2.70. The van der Waals surface area contributed by atoms with E-state index in [-0.39, 0.29) is 11.7 Å². The zero-order valence-electron chi connectivity index (χ0n) is 9.88. The number of halogens is 1. The van der Waals surface area contributed by atoms with Gasteiger partial charge >= 0.3 is 0 Å². The average molecular weight is 295 g/mol. The molecule has 0 fully saturated rings. The Labute approximate surface area is 120 Å². The summed E-state index contributed by atoms with van der Waals surface area (Å²) in [6, 6.07) is 11.9. The predicted molar refractivity (Wildman–Crippen MR) is 76.2 cm³/mol. The molecular formula is C13H11ClN2O2S. The molecule has 4 nitrogen and oxygen atoms in total. The van der Waals surface area contributed by atoms with Crippen molar-refractivity contribution in [2.24, 2.45) is 0 Å². The van der Waals surface area contributed by atoms with Gasteiger partial charge in [0.1, 0.15) is 0 Å². The van der Waals surface area contributed by atoms with E-state index >= 15 is 0 Å². The van der Waals surface area contributed by atoms with Gasteiger partial charge < -0.3 is 10.5 Å². The average Bonchev–Trinajstić information content (AvgIpc) is 2.40. The molecule has 0 saturated heterocycles. The van der Waals surface area contributed by atoms with Crippen LogP contribution in [0.4, 0.5) is 5.69 Å². The number of anilines is 1. The summed E-state index contributed by atoms with van der Waals surface area (Å²) in [5, 5.41) is 15.2. The molecule has 1 amide bonds. The van der Waals surface area contributed by atoms with Crippen molar-refractivity contribution in [1.29, 1.82) is 0 Å². The number of nitrogens with zero attached hydrogens (tertiary/aromatic N) is 1. The van der Waals surface area contributed by atoms with Gasteiger partial charge in [-0.05, 0) is 42.1 Å². The highest BCUT2D eigenvalue weighted by molar-refractivity contribution is 7.99. The smallest absolute Gasteiger partial charge is 0.251 e. The molecule has 98 valence electrons. The third-order valence-electron chi connectivity index (χ3n) is 2.27. The van der Waals surface area contributed by atoms with E-state index in [0.29, 0.717) is 15.7 Å². The summed E-state index contributed by atoms with van der Waals surface area (Å²) in [7, 11) is 0. The van der Waals surface area contributed by atoms with E-state index in [2.05, 4.69) is 5.32 Å². The lowest BCUT2D eigenvalue weighted by Crippen LogP contribution is -2.28. The van der Waals surface area contributed by atoms with Crippen molar-refractivity contribution in [1.82, 2.24) is 0 Å². The van der Waals surface area contributed by atoms with Gasteiger partial charge in [-0.1, -0.05) is 11.6 Å². The van der Waals surface area contributed by atoms with Gasteiger partial charge in [-0.3, -0.25) is 4.79 Å². The zero-order valence-corrected chi connectivity index (χ0v) is 11.4. The number of aromatic nitrogens is 1. The lowest BCUT2D eigenvalue weighted by Gasteiger charge is -2.05. The first-order chi connectivity index (χ1) is 9.15. The largest absolute Gasteiger partial charge is 0.618 e. The van der Waals surface area contributed by atoms with Crippen LogP contribution in [-0.2, 0) is 4.79 Å². The van der Waals surface area contributed by atoms with Crippen molar-refractivity contribution in [3.63, 3.8) is 0 Å². The summed E-state index contributed by atoms with van der Waals surface area (Å²) in [5.74, 6) is 0.00527. The fourth-order valence-electron chi connectivity index (χ4n) is 1.39. The monoisotopic (exact) mass is 294 g/mol. The Hall–Kier alpha value is -1.72. The van der Waals surface area contributed by atoms with Crippen LogP contribution in [0.15, 0.2) is 53.7 Å². The molecule has 1 N–H and O–H groups in total. The highest BCUT2D eigenvalue weighted by Gasteiger charge is 2.08. The molecule has 1 aromatic carbocycles. The van der Waals surface area contributed by atoms with E-state index in [9.17, 15) is 10.0 Å². The maximum absolute atomic E-state index is 11.7. The van der Waals surface area contributed by atoms with Gasteiger partial charge in [-0.15, -0.1) is 0 Å². The Balaban J connectivity index is 1.88. The molecule has 0 aliphatic heterocycles. The lowest BCUT2D eigenvalue weighted by atomic mass is 10.3. The highest BCUT2D eigenvalue weighted by Crippen LogP contribution is 2.15. The first kappa shape index (κ1) is 13.7. The van der Waals surface area contributed by atoms with Crippen LogP contribution < -0.4 is 10.0 Å². The van der Waals surface area contributed by atoms with E-state index in [0.717, 1.165) is 4.73 Å². The normalized spacial score (nSPS) is 10.2. The molecule has 19 heavy (non-hydrogen) atoms. The quantitative estimate of drug-likeness (QED) is 0.536. The minimum absolute atomic E-state index is 0.170. The van der Waals surface area contributed by atoms with Crippen molar-refractivity contribution in [2.75, 3.05) is 11.1 Å². The molecule has 0 bridgehead atoms. The van der Waals surface area contributed by atoms with Crippen molar-refractivity contribution < 1.29 is 9.52 Å². The van der Waals surface area contributed by atoms with Crippen LogP contribution in [0.2, 0.25) is 5.02 Å². The molecule has 0 atom stereocenters. The fourth-order valence-corrected chi connectivity index (χ4v) is 2.23. The standard InChI is InChI=1S/C13H11ClN2O2S/c14-10-4-6-11(7-5-10)15-12(17)9-19-13-3-1-2-8-16(13)18/h1-8H,9H2,(H,15,17). The van der Waals surface area contributed by atoms with Crippen LogP contribution >= 0.6 is 23.4 Å². The van der Waals surface area contributed by atoms with Gasteiger partial charge in [-0.25, -0.2) is 0 Å². The maximum atomic E-state index is 11.7. The number of amides is 1. The summed E-state index contributed by atoms with van der Waals surface area (Å²) in [5.41, 5.74) is 0.679. The molecule has 2 aromatic rings. The van der Waals surface area contributed by atoms with Crippen molar-refractivity contribution >= 4 is 35.0 Å². The van der Waals surface area contributed by atoms with Crippen LogP contribution in [0, 0.1) is 5.21 Å². The molecule has 1 aromatic heterocycles. The molecule has 0 aliphatic rings. The topological polar surface area (TPSA) is 56.0 Å². The van der Waals surface area contributed by atoms with E-state index in [4.69, 9.17) is 11.6 Å². The summed E-state index contributed by atoms with van der Waals surface area (Å²) in [4.78, 5) is 11.7. The lowest BCUT2D eigenvalue weighted by molar-refractivity contribution is -0.645. The summed E-state index contributed by atoms with van der Waals surface area (Å²) < 4.78 is 0.736. The molecule has 6 heteroatoms. The highest BCUT2D eigenvalue weighted by atomic mass is 35.5. The van der Waals surface area contributed by atoms with Gasteiger partial charge in [0.2, 0.25) is 5.91 Å². The van der Waals surface area contributed by atoms with E-state index in [1.165, 1.54) is 18.0 Å².